The van der Waals surface area contributed by atoms with E-state index in [1.165, 1.54) is 12.1 Å². The second kappa shape index (κ2) is 8.06. The van der Waals surface area contributed by atoms with Gasteiger partial charge >= 0.3 is 5.97 Å². The van der Waals surface area contributed by atoms with E-state index in [1.54, 1.807) is 6.07 Å². The van der Waals surface area contributed by atoms with Crippen LogP contribution >= 0.6 is 0 Å². The first kappa shape index (κ1) is 17.4. The number of carboxylic acid groups (broad SMARTS) is 1. The van der Waals surface area contributed by atoms with Crippen LogP contribution in [0.1, 0.15) is 44.1 Å². The molecule has 0 saturated carbocycles. The highest BCUT2D eigenvalue weighted by atomic mass is 19.1. The lowest BCUT2D eigenvalue weighted by atomic mass is 9.82. The van der Waals surface area contributed by atoms with Crippen molar-refractivity contribution in [1.82, 2.24) is 5.32 Å². The number of carbonyl (C=O) groups excluding carboxylic acids is 1. The van der Waals surface area contributed by atoms with E-state index >= 15 is 0 Å². The monoisotopic (exact) mass is 323 g/mol. The van der Waals surface area contributed by atoms with Gasteiger partial charge in [0.1, 0.15) is 5.82 Å². The molecule has 1 saturated heterocycles. The molecule has 126 valence electrons. The minimum Gasteiger partial charge on any atom is -0.481 e. The zero-order valence-corrected chi connectivity index (χ0v) is 13.0. The van der Waals surface area contributed by atoms with E-state index in [4.69, 9.17) is 9.84 Å². The molecule has 1 heterocycles. The van der Waals surface area contributed by atoms with Crippen LogP contribution in [-0.4, -0.2) is 30.2 Å². The number of aliphatic carboxylic acids is 1. The molecule has 1 aromatic rings. The second-order valence-electron chi connectivity index (χ2n) is 5.85. The third-order valence-electron chi connectivity index (χ3n) is 4.15. The largest absolute Gasteiger partial charge is 0.481 e. The third-order valence-corrected chi connectivity index (χ3v) is 4.15. The van der Waals surface area contributed by atoms with Crippen LogP contribution < -0.4 is 5.32 Å². The van der Waals surface area contributed by atoms with E-state index in [9.17, 15) is 14.0 Å². The van der Waals surface area contributed by atoms with Crippen molar-refractivity contribution in [3.63, 3.8) is 0 Å². The molecule has 2 N–H and O–H groups in total. The molecule has 5 nitrogen and oxygen atoms in total. The van der Waals surface area contributed by atoms with Gasteiger partial charge in [-0.1, -0.05) is 12.1 Å². The van der Waals surface area contributed by atoms with Crippen LogP contribution in [-0.2, 0) is 19.9 Å². The van der Waals surface area contributed by atoms with Crippen LogP contribution in [0.3, 0.4) is 0 Å². The van der Waals surface area contributed by atoms with Crippen LogP contribution in [0.15, 0.2) is 24.3 Å². The molecule has 1 aliphatic rings. The van der Waals surface area contributed by atoms with Crippen LogP contribution in [0.5, 0.6) is 0 Å². The van der Waals surface area contributed by atoms with Crippen LogP contribution in [0, 0.1) is 5.82 Å². The van der Waals surface area contributed by atoms with Gasteiger partial charge in [0, 0.05) is 26.1 Å². The van der Waals surface area contributed by atoms with E-state index < -0.39 is 11.5 Å². The van der Waals surface area contributed by atoms with Gasteiger partial charge in [0.2, 0.25) is 5.91 Å². The summed E-state index contributed by atoms with van der Waals surface area (Å²) in [6.07, 6.45) is 2.52. The van der Waals surface area contributed by atoms with Gasteiger partial charge in [-0.15, -0.1) is 0 Å². The minimum absolute atomic E-state index is 0.0656. The normalized spacial score (nSPS) is 16.7. The Bertz CT molecular complexity index is 555. The summed E-state index contributed by atoms with van der Waals surface area (Å²) < 4.78 is 18.9. The average Bonchev–Trinajstić information content (AvgIpc) is 2.52. The number of carboxylic acids is 1. The summed E-state index contributed by atoms with van der Waals surface area (Å²) >= 11 is 0. The molecule has 6 heteroatoms. The summed E-state index contributed by atoms with van der Waals surface area (Å²) in [6, 6.07) is 6.29. The number of halogens is 1. The Kier molecular flexibility index (Phi) is 6.10. The number of rotatable bonds is 7. The molecule has 0 atom stereocenters. The van der Waals surface area contributed by atoms with Gasteiger partial charge < -0.3 is 15.2 Å². The highest BCUT2D eigenvalue weighted by Gasteiger charge is 2.36. The van der Waals surface area contributed by atoms with Crippen molar-refractivity contribution in [2.24, 2.45) is 0 Å². The topological polar surface area (TPSA) is 75.6 Å². The number of carbonyl (C=O) groups is 2. The van der Waals surface area contributed by atoms with Crippen molar-refractivity contribution in [2.45, 2.75) is 44.1 Å². The van der Waals surface area contributed by atoms with E-state index in [0.717, 1.165) is 5.56 Å². The predicted octanol–water partition coefficient (Wildman–Crippen LogP) is 2.59. The molecular formula is C17H22FNO4. The molecule has 1 aromatic carbocycles. The smallest absolute Gasteiger partial charge is 0.303 e. The summed E-state index contributed by atoms with van der Waals surface area (Å²) in [6.45, 7) is 1.02. The molecule has 2 rings (SSSR count). The molecule has 0 aliphatic carbocycles. The second-order valence-corrected chi connectivity index (χ2v) is 5.85. The summed E-state index contributed by atoms with van der Waals surface area (Å²) in [5.41, 5.74) is 0.143. The fourth-order valence-electron chi connectivity index (χ4n) is 2.88. The van der Waals surface area contributed by atoms with Crippen molar-refractivity contribution in [3.05, 3.63) is 35.6 Å². The van der Waals surface area contributed by atoms with Crippen molar-refractivity contribution in [3.8, 4) is 0 Å². The van der Waals surface area contributed by atoms with E-state index in [-0.39, 0.29) is 24.6 Å². The minimum atomic E-state index is -0.855. The maximum atomic E-state index is 13.6. The first-order valence-electron chi connectivity index (χ1n) is 7.88. The molecule has 0 aromatic heterocycles. The molecule has 0 unspecified atom stereocenters. The molecule has 0 spiro atoms. The number of amides is 1. The summed E-state index contributed by atoms with van der Waals surface area (Å²) in [4.78, 5) is 22.7. The van der Waals surface area contributed by atoms with Gasteiger partial charge in [0.05, 0.1) is 5.54 Å². The van der Waals surface area contributed by atoms with E-state index in [2.05, 4.69) is 5.32 Å². The van der Waals surface area contributed by atoms with Crippen molar-refractivity contribution in [1.29, 1.82) is 0 Å². The summed E-state index contributed by atoms with van der Waals surface area (Å²) in [5, 5.41) is 11.6. The fraction of sp³-hybridized carbons (Fsp3) is 0.529. The Labute approximate surface area is 134 Å². The Morgan fingerprint density at radius 1 is 1.22 bits per heavy atom. The number of nitrogens with one attached hydrogen (secondary N) is 1. The summed E-state index contributed by atoms with van der Waals surface area (Å²) in [7, 11) is 0. The van der Waals surface area contributed by atoms with Crippen molar-refractivity contribution >= 4 is 11.9 Å². The average molecular weight is 323 g/mol. The molecule has 0 bridgehead atoms. The van der Waals surface area contributed by atoms with Gasteiger partial charge in [0.25, 0.3) is 0 Å². The Morgan fingerprint density at radius 2 is 1.91 bits per heavy atom. The van der Waals surface area contributed by atoms with Gasteiger partial charge in [-0.05, 0) is 43.4 Å². The number of hydrogen-bond donors (Lipinski definition) is 2. The van der Waals surface area contributed by atoms with Crippen molar-refractivity contribution in [2.75, 3.05) is 13.2 Å². The SMILES string of the molecule is O=C(O)CCCCC(=O)NC1(c2cccc(F)c2)CCOCC1. The molecule has 1 amide bonds. The Hall–Kier alpha value is -1.95. The molecule has 1 fully saturated rings. The first-order valence-corrected chi connectivity index (χ1v) is 7.88. The number of ether oxygens (including phenoxy) is 1. The number of hydrogen-bond acceptors (Lipinski definition) is 3. The lowest BCUT2D eigenvalue weighted by molar-refractivity contribution is -0.137. The lowest BCUT2D eigenvalue weighted by Gasteiger charge is -2.38. The zero-order valence-electron chi connectivity index (χ0n) is 13.0. The van der Waals surface area contributed by atoms with E-state index in [1.807, 2.05) is 6.07 Å². The Morgan fingerprint density at radius 3 is 2.57 bits per heavy atom. The number of benzene rings is 1. The van der Waals surface area contributed by atoms with E-state index in [0.29, 0.717) is 38.9 Å². The Balaban J connectivity index is 2.01. The standard InChI is InChI=1S/C17H22FNO4/c18-14-5-3-4-13(12-14)17(8-10-23-11-9-17)19-15(20)6-1-2-7-16(21)22/h3-5,12H,1-2,6-11H2,(H,19,20)(H,21,22). The van der Waals surface area contributed by atoms with Gasteiger partial charge in [-0.3, -0.25) is 9.59 Å². The van der Waals surface area contributed by atoms with Gasteiger partial charge in [0.15, 0.2) is 0 Å². The maximum absolute atomic E-state index is 13.6. The molecular weight excluding hydrogens is 301 g/mol. The highest BCUT2D eigenvalue weighted by molar-refractivity contribution is 5.77. The van der Waals surface area contributed by atoms with Crippen molar-refractivity contribution < 1.29 is 23.8 Å². The van der Waals surface area contributed by atoms with Gasteiger partial charge in [-0.2, -0.15) is 0 Å². The van der Waals surface area contributed by atoms with Crippen LogP contribution in [0.2, 0.25) is 0 Å². The van der Waals surface area contributed by atoms with Crippen LogP contribution in [0.4, 0.5) is 4.39 Å². The van der Waals surface area contributed by atoms with Gasteiger partial charge in [-0.25, -0.2) is 4.39 Å². The predicted molar refractivity (Wildman–Crippen MR) is 82.4 cm³/mol. The summed E-state index contributed by atoms with van der Waals surface area (Å²) in [5.74, 6) is -1.32. The first-order chi connectivity index (χ1) is 11.0. The molecule has 23 heavy (non-hydrogen) atoms. The fourth-order valence-corrected chi connectivity index (χ4v) is 2.88. The number of unbranched alkanes of at least 4 members (excludes halogenated alkanes) is 1. The maximum Gasteiger partial charge on any atom is 0.303 e. The lowest BCUT2D eigenvalue weighted by Crippen LogP contribution is -2.49. The zero-order chi connectivity index (χ0) is 16.7. The quantitative estimate of drug-likeness (QED) is 0.756. The molecule has 0 radical (unpaired) electrons. The molecule has 1 aliphatic heterocycles. The highest BCUT2D eigenvalue weighted by Crippen LogP contribution is 2.32. The third kappa shape index (κ3) is 5.03. The van der Waals surface area contributed by atoms with Crippen LogP contribution in [0.25, 0.3) is 0 Å².